The van der Waals surface area contributed by atoms with E-state index in [1.165, 1.54) is 30.5 Å². The molecule has 0 saturated carbocycles. The highest BCUT2D eigenvalue weighted by Crippen LogP contribution is 2.41. The topological polar surface area (TPSA) is 50.4 Å². The summed E-state index contributed by atoms with van der Waals surface area (Å²) in [4.78, 5) is 11.8. The largest absolute Gasteiger partial charge is 0.465 e. The van der Waals surface area contributed by atoms with Crippen LogP contribution in [0.4, 0.5) is 13.2 Å². The van der Waals surface area contributed by atoms with Gasteiger partial charge in [-0.15, -0.1) is 0 Å². The second-order valence-electron chi connectivity index (χ2n) is 4.72. The predicted octanol–water partition coefficient (Wildman–Crippen LogP) is 3.70. The van der Waals surface area contributed by atoms with E-state index in [2.05, 4.69) is 0 Å². The smallest absolute Gasteiger partial charge is 0.421 e. The van der Waals surface area contributed by atoms with Gasteiger partial charge in [-0.3, -0.25) is 4.79 Å². The minimum absolute atomic E-state index is 0.337. The number of carbonyl (C=O) groups excluding carboxylic acids is 1. The van der Waals surface area contributed by atoms with Crippen molar-refractivity contribution in [1.82, 2.24) is 0 Å². The van der Waals surface area contributed by atoms with Crippen LogP contribution in [0.3, 0.4) is 0 Å². The zero-order chi connectivity index (χ0) is 16.2. The van der Waals surface area contributed by atoms with Crippen molar-refractivity contribution in [2.24, 2.45) is 0 Å². The number of allylic oxidation sites excluding steroid dienone is 1. The number of furan rings is 1. The van der Waals surface area contributed by atoms with Crippen LogP contribution in [-0.4, -0.2) is 17.1 Å². The van der Waals surface area contributed by atoms with Gasteiger partial charge in [0.05, 0.1) is 12.7 Å². The zero-order valence-corrected chi connectivity index (χ0v) is 11.4. The Morgan fingerprint density at radius 3 is 2.36 bits per heavy atom. The first-order valence-electron chi connectivity index (χ1n) is 6.42. The molecule has 1 aromatic heterocycles. The molecule has 22 heavy (non-hydrogen) atoms. The number of carbonyl (C=O) groups is 1. The molecule has 2 rings (SSSR count). The van der Waals surface area contributed by atoms with Gasteiger partial charge in [-0.2, -0.15) is 13.2 Å². The first-order chi connectivity index (χ1) is 10.3. The molecular weight excluding hydrogens is 297 g/mol. The highest BCUT2D eigenvalue weighted by atomic mass is 19.4. The lowest BCUT2D eigenvalue weighted by molar-refractivity contribution is -0.266. The lowest BCUT2D eigenvalue weighted by Crippen LogP contribution is -2.43. The summed E-state index contributed by atoms with van der Waals surface area (Å²) in [5.41, 5.74) is -3.60. The van der Waals surface area contributed by atoms with E-state index in [9.17, 15) is 23.1 Å². The van der Waals surface area contributed by atoms with Crippen LogP contribution >= 0.6 is 0 Å². The van der Waals surface area contributed by atoms with Crippen molar-refractivity contribution >= 4 is 11.9 Å². The number of rotatable bonds is 5. The number of hydrogen-bond donors (Lipinski definition) is 1. The van der Waals surface area contributed by atoms with Crippen molar-refractivity contribution in [2.45, 2.75) is 18.2 Å². The molecule has 0 radical (unpaired) electrons. The molecule has 3 nitrogen and oxygen atoms in total. The van der Waals surface area contributed by atoms with E-state index < -0.39 is 24.0 Å². The summed E-state index contributed by atoms with van der Waals surface area (Å²) in [7, 11) is 0. The molecule has 0 saturated heterocycles. The first-order valence-corrected chi connectivity index (χ1v) is 6.42. The summed E-state index contributed by atoms with van der Waals surface area (Å²) in [6.45, 7) is 0. The number of benzene rings is 1. The highest BCUT2D eigenvalue weighted by Gasteiger charge is 2.55. The Balaban J connectivity index is 2.23. The Morgan fingerprint density at radius 1 is 1.14 bits per heavy atom. The third-order valence-corrected chi connectivity index (χ3v) is 3.13. The van der Waals surface area contributed by atoms with Crippen LogP contribution in [0.25, 0.3) is 6.08 Å². The van der Waals surface area contributed by atoms with Crippen molar-refractivity contribution in [3.63, 3.8) is 0 Å². The van der Waals surface area contributed by atoms with Gasteiger partial charge >= 0.3 is 6.18 Å². The summed E-state index contributed by atoms with van der Waals surface area (Å²) in [6, 6.07) is 9.68. The number of aliphatic hydroxyl groups is 1. The van der Waals surface area contributed by atoms with Gasteiger partial charge in [0.1, 0.15) is 5.76 Å². The molecular formula is C16H13F3O3. The monoisotopic (exact) mass is 310 g/mol. The molecule has 0 aliphatic carbocycles. The van der Waals surface area contributed by atoms with Gasteiger partial charge in [0.15, 0.2) is 11.4 Å². The lowest BCUT2D eigenvalue weighted by atomic mass is 9.88. The number of alkyl halides is 3. The van der Waals surface area contributed by atoms with Gasteiger partial charge in [0, 0.05) is 0 Å². The van der Waals surface area contributed by atoms with Crippen molar-refractivity contribution in [3.05, 3.63) is 66.1 Å². The maximum atomic E-state index is 13.2. The number of hydrogen-bond acceptors (Lipinski definition) is 3. The van der Waals surface area contributed by atoms with E-state index in [1.807, 2.05) is 0 Å². The number of ketones is 1. The molecule has 1 aromatic carbocycles. The fourth-order valence-electron chi connectivity index (χ4n) is 1.95. The van der Waals surface area contributed by atoms with E-state index in [0.29, 0.717) is 5.76 Å². The maximum Gasteiger partial charge on any atom is 0.421 e. The third kappa shape index (κ3) is 3.46. The molecule has 1 heterocycles. The van der Waals surface area contributed by atoms with Crippen LogP contribution in [0, 0.1) is 0 Å². The van der Waals surface area contributed by atoms with Crippen LogP contribution in [0.15, 0.2) is 59.2 Å². The van der Waals surface area contributed by atoms with Gasteiger partial charge in [0.2, 0.25) is 0 Å². The fraction of sp³-hybridized carbons (Fsp3) is 0.188. The van der Waals surface area contributed by atoms with Gasteiger partial charge in [-0.1, -0.05) is 30.3 Å². The van der Waals surface area contributed by atoms with E-state index in [1.54, 1.807) is 12.1 Å². The molecule has 1 unspecified atom stereocenters. The van der Waals surface area contributed by atoms with E-state index >= 15 is 0 Å². The van der Waals surface area contributed by atoms with E-state index in [0.717, 1.165) is 18.2 Å². The van der Waals surface area contributed by atoms with Gasteiger partial charge in [-0.05, 0) is 29.8 Å². The fourth-order valence-corrected chi connectivity index (χ4v) is 1.95. The molecule has 0 fully saturated rings. The molecule has 0 spiro atoms. The van der Waals surface area contributed by atoms with Gasteiger partial charge < -0.3 is 9.52 Å². The maximum absolute atomic E-state index is 13.2. The lowest BCUT2D eigenvalue weighted by Gasteiger charge is -2.30. The molecule has 0 aliphatic heterocycles. The summed E-state index contributed by atoms with van der Waals surface area (Å²) < 4.78 is 44.6. The van der Waals surface area contributed by atoms with Crippen molar-refractivity contribution in [3.8, 4) is 0 Å². The Kier molecular flexibility index (Phi) is 4.51. The second-order valence-corrected chi connectivity index (χ2v) is 4.72. The molecule has 1 N–H and O–H groups in total. The summed E-state index contributed by atoms with van der Waals surface area (Å²) >= 11 is 0. The highest BCUT2D eigenvalue weighted by molar-refractivity contribution is 5.94. The van der Waals surface area contributed by atoms with Gasteiger partial charge in [0.25, 0.3) is 0 Å². The van der Waals surface area contributed by atoms with Crippen LogP contribution < -0.4 is 0 Å². The van der Waals surface area contributed by atoms with Crippen molar-refractivity contribution in [1.29, 1.82) is 0 Å². The molecule has 2 aromatic rings. The average Bonchev–Trinajstić information content (AvgIpc) is 2.98. The SMILES string of the molecule is O=C(C=Cc1ccco1)CC(O)(c1ccccc1)C(F)(F)F. The quantitative estimate of drug-likeness (QED) is 0.857. The standard InChI is InChI=1S/C16H13F3O3/c17-16(18,19)15(21,12-5-2-1-3-6-12)11-13(20)8-9-14-7-4-10-22-14/h1-10,21H,11H2. The summed E-state index contributed by atoms with van der Waals surface area (Å²) in [5.74, 6) is -0.524. The molecule has 116 valence electrons. The zero-order valence-electron chi connectivity index (χ0n) is 11.4. The normalized spacial score (nSPS) is 14.9. The van der Waals surface area contributed by atoms with E-state index in [-0.39, 0.29) is 5.56 Å². The predicted molar refractivity (Wildman–Crippen MR) is 73.8 cm³/mol. The van der Waals surface area contributed by atoms with Gasteiger partial charge in [-0.25, -0.2) is 0 Å². The van der Waals surface area contributed by atoms with Crippen molar-refractivity contribution in [2.75, 3.05) is 0 Å². The molecule has 0 aliphatic rings. The Bertz CT molecular complexity index is 645. The van der Waals surface area contributed by atoms with Crippen LogP contribution in [-0.2, 0) is 10.4 Å². The summed E-state index contributed by atoms with van der Waals surface area (Å²) in [6.07, 6.45) is -2.48. The third-order valence-electron chi connectivity index (χ3n) is 3.13. The Labute approximate surface area is 124 Å². The molecule has 1 atom stereocenters. The summed E-state index contributed by atoms with van der Waals surface area (Å²) in [5, 5.41) is 10.0. The first kappa shape index (κ1) is 16.0. The molecule has 6 heteroatoms. The average molecular weight is 310 g/mol. The minimum Gasteiger partial charge on any atom is -0.465 e. The Hall–Kier alpha value is -2.34. The van der Waals surface area contributed by atoms with Crippen LogP contribution in [0.1, 0.15) is 17.7 Å². The van der Waals surface area contributed by atoms with Crippen molar-refractivity contribution < 1.29 is 27.5 Å². The number of halogens is 3. The minimum atomic E-state index is -4.97. The Morgan fingerprint density at radius 2 is 1.82 bits per heavy atom. The van der Waals surface area contributed by atoms with Crippen LogP contribution in [0.2, 0.25) is 0 Å². The van der Waals surface area contributed by atoms with E-state index in [4.69, 9.17) is 4.42 Å². The van der Waals surface area contributed by atoms with Crippen LogP contribution in [0.5, 0.6) is 0 Å². The second kappa shape index (κ2) is 6.19. The molecule has 0 amide bonds. The molecule has 0 bridgehead atoms.